The maximum absolute atomic E-state index is 13.0. The number of phosphoric acid groups is 1. The van der Waals surface area contributed by atoms with E-state index in [0.717, 1.165) is 116 Å². The van der Waals surface area contributed by atoms with Crippen LogP contribution in [-0.2, 0) is 18.4 Å². The van der Waals surface area contributed by atoms with Crippen molar-refractivity contribution < 1.29 is 32.9 Å². The normalized spacial score (nSPS) is 14.6. The Kier molecular flexibility index (Phi) is 61.1. The molecule has 0 heterocycles. The summed E-state index contributed by atoms with van der Waals surface area (Å²) in [6.07, 6.45) is 98.2. The van der Waals surface area contributed by atoms with Crippen LogP contribution in [0.1, 0.15) is 271 Å². The van der Waals surface area contributed by atoms with Gasteiger partial charge in [0.25, 0.3) is 7.82 Å². The zero-order valence-electron chi connectivity index (χ0n) is 54.8. The van der Waals surface area contributed by atoms with Crippen LogP contribution in [0.15, 0.2) is 146 Å². The van der Waals surface area contributed by atoms with Crippen molar-refractivity contribution in [3.05, 3.63) is 146 Å². The molecule has 0 aromatic rings. The van der Waals surface area contributed by atoms with Crippen LogP contribution in [0.3, 0.4) is 0 Å². The molecule has 0 radical (unpaired) electrons. The third-order valence-electron chi connectivity index (χ3n) is 14.5. The number of unbranched alkanes of at least 4 members (excludes halogenated alkanes) is 26. The number of hydrogen-bond acceptors (Lipinski definition) is 6. The highest BCUT2D eigenvalue weighted by Crippen LogP contribution is 2.38. The van der Waals surface area contributed by atoms with E-state index in [1.165, 1.54) is 135 Å². The van der Waals surface area contributed by atoms with Crippen LogP contribution in [0.4, 0.5) is 0 Å². The van der Waals surface area contributed by atoms with Gasteiger partial charge in [0.15, 0.2) is 0 Å². The van der Waals surface area contributed by atoms with Crippen LogP contribution in [0.2, 0.25) is 0 Å². The van der Waals surface area contributed by atoms with Gasteiger partial charge >= 0.3 is 0 Å². The lowest BCUT2D eigenvalue weighted by Gasteiger charge is -2.29. The summed E-state index contributed by atoms with van der Waals surface area (Å²) in [6.45, 7) is 4.50. The van der Waals surface area contributed by atoms with Crippen molar-refractivity contribution in [2.45, 2.75) is 283 Å². The quantitative estimate of drug-likeness (QED) is 0.0272. The number of likely N-dealkylation sites (N-methyl/N-ethyl adjacent to an activating group) is 1. The molecule has 0 aliphatic heterocycles. The smallest absolute Gasteiger partial charge is 0.268 e. The van der Waals surface area contributed by atoms with Crippen molar-refractivity contribution in [3.8, 4) is 0 Å². The number of hydrogen-bond donors (Lipinski definition) is 2. The van der Waals surface area contributed by atoms with Crippen LogP contribution >= 0.6 is 7.82 Å². The summed E-state index contributed by atoms with van der Waals surface area (Å²) in [5.74, 6) is -0.227. The van der Waals surface area contributed by atoms with E-state index < -0.39 is 26.6 Å². The second kappa shape index (κ2) is 63.9. The standard InChI is InChI=1S/C75H129N2O6P/c1-6-8-10-12-14-16-18-20-22-24-26-28-30-32-34-35-36-37-38-39-40-41-43-45-47-49-51-53-55-57-59-61-63-65-67-69-75(79)76-73(72-83-84(80,81)82-71-70-77(3,4)5)74(78)68-66-64-62-60-58-56-54-52-50-48-46-44-42-33-31-29-27-25-23-21-19-17-15-13-11-9-7-2/h8,10,14,16,20,22,26,28,32,34,36-37,39-40,43,45,49-52,58,60,66,68,73-74,78H,6-7,9,11-13,15,17-19,21,23-25,27,29-31,33,35,38,41-42,44,46-48,53-57,59,61-65,67,69-72H2,1-5H3,(H-,76,79,80,81)/b10-8-,16-14-,22-20-,28-26-,34-32-,37-36-,40-39-,45-43-,51-49-,52-50+,60-58+,68-66+. The zero-order valence-corrected chi connectivity index (χ0v) is 55.7. The molecule has 2 N–H and O–H groups in total. The molecule has 0 bridgehead atoms. The Balaban J connectivity index is 4.25. The fraction of sp³-hybridized carbons (Fsp3) is 0.667. The molecule has 0 aromatic heterocycles. The summed E-state index contributed by atoms with van der Waals surface area (Å²) in [4.78, 5) is 25.6. The number of allylic oxidation sites excluding steroid dienone is 23. The monoisotopic (exact) mass is 1180 g/mol. The number of nitrogens with one attached hydrogen (secondary N) is 1. The van der Waals surface area contributed by atoms with Gasteiger partial charge in [0.1, 0.15) is 13.2 Å². The van der Waals surface area contributed by atoms with Crippen LogP contribution in [0, 0.1) is 0 Å². The molecule has 0 saturated carbocycles. The highest BCUT2D eigenvalue weighted by Gasteiger charge is 2.23. The van der Waals surface area contributed by atoms with Gasteiger partial charge in [-0.05, 0) is 116 Å². The number of nitrogens with zero attached hydrogens (tertiary/aromatic N) is 1. The third kappa shape index (κ3) is 65.9. The Morgan fingerprint density at radius 2 is 0.738 bits per heavy atom. The van der Waals surface area contributed by atoms with Crippen molar-refractivity contribution in [3.63, 3.8) is 0 Å². The number of carbonyl (C=O) groups is 1. The minimum Gasteiger partial charge on any atom is -0.756 e. The molecule has 0 aromatic carbocycles. The predicted octanol–water partition coefficient (Wildman–Crippen LogP) is 21.4. The molecule has 0 aliphatic rings. The zero-order chi connectivity index (χ0) is 61.2. The van der Waals surface area contributed by atoms with Gasteiger partial charge in [-0.2, -0.15) is 0 Å². The van der Waals surface area contributed by atoms with Crippen LogP contribution < -0.4 is 10.2 Å². The molecule has 8 nitrogen and oxygen atoms in total. The van der Waals surface area contributed by atoms with Gasteiger partial charge < -0.3 is 28.8 Å². The van der Waals surface area contributed by atoms with Gasteiger partial charge in [-0.15, -0.1) is 0 Å². The average molecular weight is 1190 g/mol. The van der Waals surface area contributed by atoms with E-state index in [4.69, 9.17) is 9.05 Å². The lowest BCUT2D eigenvalue weighted by molar-refractivity contribution is -0.870. The lowest BCUT2D eigenvalue weighted by atomic mass is 10.0. The molecule has 9 heteroatoms. The van der Waals surface area contributed by atoms with Gasteiger partial charge in [0, 0.05) is 6.42 Å². The van der Waals surface area contributed by atoms with E-state index in [2.05, 4.69) is 153 Å². The van der Waals surface area contributed by atoms with E-state index in [9.17, 15) is 19.4 Å². The second-order valence-corrected chi connectivity index (χ2v) is 25.2. The van der Waals surface area contributed by atoms with Gasteiger partial charge in [-0.3, -0.25) is 9.36 Å². The van der Waals surface area contributed by atoms with Gasteiger partial charge in [-0.1, -0.05) is 295 Å². The molecule has 3 atom stereocenters. The topological polar surface area (TPSA) is 108 Å². The number of amides is 1. The molecular formula is C75H129N2O6P. The van der Waals surface area contributed by atoms with E-state index >= 15 is 0 Å². The molecule has 0 spiro atoms. The SMILES string of the molecule is CC/C=C\C/C=C\C/C=C\C/C=C\C/C=C\C/C=C\C/C=C\C/C=C\C/C=C\CCCCCCCCCC(=O)NC(COP(=O)([O-])OCC[N+](C)(C)C)C(O)/C=C/CC/C=C/CC/C=C/CCCCCCCCCCCCCCCCCCC. The summed E-state index contributed by atoms with van der Waals surface area (Å²) in [6, 6.07) is -0.929. The van der Waals surface area contributed by atoms with E-state index in [-0.39, 0.29) is 12.5 Å². The van der Waals surface area contributed by atoms with Crippen molar-refractivity contribution in [1.82, 2.24) is 5.32 Å². The van der Waals surface area contributed by atoms with Gasteiger partial charge in [0.05, 0.1) is 39.9 Å². The van der Waals surface area contributed by atoms with E-state index in [1.807, 2.05) is 27.2 Å². The Morgan fingerprint density at radius 3 is 1.11 bits per heavy atom. The van der Waals surface area contributed by atoms with Crippen LogP contribution in [0.5, 0.6) is 0 Å². The average Bonchev–Trinajstić information content (AvgIpc) is 3.56. The fourth-order valence-electron chi connectivity index (χ4n) is 9.24. The van der Waals surface area contributed by atoms with Gasteiger partial charge in [-0.25, -0.2) is 0 Å². The summed E-state index contributed by atoms with van der Waals surface area (Å²) in [5.41, 5.74) is 0. The lowest BCUT2D eigenvalue weighted by Crippen LogP contribution is -2.45. The van der Waals surface area contributed by atoms with Crippen molar-refractivity contribution in [2.75, 3.05) is 40.9 Å². The van der Waals surface area contributed by atoms with E-state index in [1.54, 1.807) is 6.08 Å². The summed E-state index contributed by atoms with van der Waals surface area (Å²) in [5, 5.41) is 13.9. The molecule has 0 saturated heterocycles. The first-order valence-electron chi connectivity index (χ1n) is 34.2. The van der Waals surface area contributed by atoms with Crippen molar-refractivity contribution in [2.24, 2.45) is 0 Å². The summed E-state index contributed by atoms with van der Waals surface area (Å²) < 4.78 is 23.4. The second-order valence-electron chi connectivity index (χ2n) is 23.8. The minimum absolute atomic E-state index is 0.0190. The largest absolute Gasteiger partial charge is 0.756 e. The van der Waals surface area contributed by atoms with Gasteiger partial charge in [0.2, 0.25) is 5.91 Å². The number of quaternary nitrogens is 1. The maximum Gasteiger partial charge on any atom is 0.268 e. The number of rotatable bonds is 61. The van der Waals surface area contributed by atoms with Crippen molar-refractivity contribution in [1.29, 1.82) is 0 Å². The highest BCUT2D eigenvalue weighted by molar-refractivity contribution is 7.45. The Morgan fingerprint density at radius 1 is 0.429 bits per heavy atom. The Hall–Kier alpha value is -3.62. The molecule has 0 rings (SSSR count). The number of aliphatic hydroxyl groups excluding tert-OH is 1. The van der Waals surface area contributed by atoms with Crippen molar-refractivity contribution >= 4 is 13.7 Å². The first-order chi connectivity index (χ1) is 41.0. The molecule has 84 heavy (non-hydrogen) atoms. The fourth-order valence-corrected chi connectivity index (χ4v) is 9.96. The Bertz CT molecular complexity index is 1880. The predicted molar refractivity (Wildman–Crippen MR) is 366 cm³/mol. The Labute approximate surface area is 519 Å². The highest BCUT2D eigenvalue weighted by atomic mass is 31.2. The number of aliphatic hydroxyl groups is 1. The third-order valence-corrected chi connectivity index (χ3v) is 15.5. The van der Waals surface area contributed by atoms with Crippen LogP contribution in [-0.4, -0.2) is 68.5 Å². The maximum atomic E-state index is 13.0. The van der Waals surface area contributed by atoms with Crippen LogP contribution in [0.25, 0.3) is 0 Å². The first-order valence-corrected chi connectivity index (χ1v) is 35.7. The molecule has 480 valence electrons. The molecule has 1 amide bonds. The molecule has 0 fully saturated rings. The molecule has 3 unspecified atom stereocenters. The summed E-state index contributed by atoms with van der Waals surface area (Å²) in [7, 11) is 1.21. The van der Waals surface area contributed by atoms with E-state index in [0.29, 0.717) is 17.4 Å². The molecule has 0 aliphatic carbocycles. The number of carbonyl (C=O) groups excluding carboxylic acids is 1. The first kappa shape index (κ1) is 80.4. The molecular weight excluding hydrogens is 1060 g/mol. The minimum atomic E-state index is -4.63. The number of phosphoric ester groups is 1. The summed E-state index contributed by atoms with van der Waals surface area (Å²) >= 11 is 0.